The molecule has 1 atom stereocenters. The van der Waals surface area contributed by atoms with Crippen molar-refractivity contribution in [1.82, 2.24) is 20.1 Å². The lowest BCUT2D eigenvalue weighted by molar-refractivity contribution is 0.254. The molecule has 4 rings (SSSR count). The van der Waals surface area contributed by atoms with E-state index in [1.807, 2.05) is 24.4 Å². The summed E-state index contributed by atoms with van der Waals surface area (Å²) < 4.78 is 13.2. The third kappa shape index (κ3) is 3.41. The van der Waals surface area contributed by atoms with Crippen molar-refractivity contribution >= 4 is 0 Å². The van der Waals surface area contributed by atoms with Crippen LogP contribution >= 0.6 is 0 Å². The minimum atomic E-state index is 0.232. The number of rotatable bonds is 6. The molecule has 0 radical (unpaired) electrons. The maximum Gasteiger partial charge on any atom is 0.153 e. The van der Waals surface area contributed by atoms with Crippen LogP contribution in [0.1, 0.15) is 23.6 Å². The van der Waals surface area contributed by atoms with Gasteiger partial charge in [-0.05, 0) is 42.8 Å². The standard InChI is InChI=1S/C20H22N4O2/c1-14-8-16-10-18(25-2)17(11-19(16)26-14)13-21-12-15-4-6-22-20(9-15)24-7-3-5-23-24/h3-7,9-11,14,21H,8,12-13H2,1-2H3/t14-/m0/s1. The summed E-state index contributed by atoms with van der Waals surface area (Å²) in [5.74, 6) is 2.69. The number of fused-ring (bicyclic) bond motifs is 1. The van der Waals surface area contributed by atoms with Gasteiger partial charge in [0.2, 0.25) is 0 Å². The number of nitrogens with one attached hydrogen (secondary N) is 1. The lowest BCUT2D eigenvalue weighted by atomic mass is 10.1. The fourth-order valence-electron chi connectivity index (χ4n) is 3.25. The van der Waals surface area contributed by atoms with Crippen LogP contribution < -0.4 is 14.8 Å². The van der Waals surface area contributed by atoms with Crippen LogP contribution in [-0.4, -0.2) is 28.0 Å². The molecule has 0 spiro atoms. The van der Waals surface area contributed by atoms with Crippen molar-refractivity contribution in [3.8, 4) is 17.3 Å². The van der Waals surface area contributed by atoms with Crippen molar-refractivity contribution in [3.63, 3.8) is 0 Å². The van der Waals surface area contributed by atoms with E-state index < -0.39 is 0 Å². The number of benzene rings is 1. The summed E-state index contributed by atoms with van der Waals surface area (Å²) in [6.07, 6.45) is 6.60. The molecule has 0 unspecified atom stereocenters. The topological polar surface area (TPSA) is 61.2 Å². The fourth-order valence-corrected chi connectivity index (χ4v) is 3.25. The Morgan fingerprint density at radius 3 is 3.00 bits per heavy atom. The highest BCUT2D eigenvalue weighted by molar-refractivity contribution is 5.48. The van der Waals surface area contributed by atoms with E-state index >= 15 is 0 Å². The third-order valence-electron chi connectivity index (χ3n) is 4.49. The van der Waals surface area contributed by atoms with E-state index in [1.54, 1.807) is 24.2 Å². The predicted octanol–water partition coefficient (Wildman–Crippen LogP) is 2.89. The van der Waals surface area contributed by atoms with Crippen molar-refractivity contribution < 1.29 is 9.47 Å². The van der Waals surface area contributed by atoms with Crippen LogP contribution in [0, 0.1) is 0 Å². The average Bonchev–Trinajstić information content (AvgIpc) is 3.30. The van der Waals surface area contributed by atoms with Gasteiger partial charge in [0.1, 0.15) is 17.6 Å². The second-order valence-corrected chi connectivity index (χ2v) is 6.48. The van der Waals surface area contributed by atoms with Gasteiger partial charge in [-0.1, -0.05) is 0 Å². The number of hydrogen-bond acceptors (Lipinski definition) is 5. The normalized spacial score (nSPS) is 15.5. The van der Waals surface area contributed by atoms with Gasteiger partial charge in [-0.15, -0.1) is 0 Å². The number of methoxy groups -OCH3 is 1. The Hall–Kier alpha value is -2.86. The molecule has 3 heterocycles. The molecule has 0 amide bonds. The molecule has 2 aromatic heterocycles. The van der Waals surface area contributed by atoms with Crippen LogP contribution in [-0.2, 0) is 19.5 Å². The molecule has 26 heavy (non-hydrogen) atoms. The number of hydrogen-bond donors (Lipinski definition) is 1. The van der Waals surface area contributed by atoms with Gasteiger partial charge in [0.25, 0.3) is 0 Å². The number of pyridine rings is 1. The van der Waals surface area contributed by atoms with Gasteiger partial charge >= 0.3 is 0 Å². The minimum Gasteiger partial charge on any atom is -0.496 e. The van der Waals surface area contributed by atoms with Gasteiger partial charge in [-0.25, -0.2) is 9.67 Å². The van der Waals surface area contributed by atoms with E-state index in [0.717, 1.165) is 41.4 Å². The molecule has 0 fully saturated rings. The van der Waals surface area contributed by atoms with Gasteiger partial charge < -0.3 is 14.8 Å². The van der Waals surface area contributed by atoms with Crippen molar-refractivity contribution in [3.05, 3.63) is 65.6 Å². The lowest BCUT2D eigenvalue weighted by Crippen LogP contribution is -2.14. The van der Waals surface area contributed by atoms with Gasteiger partial charge in [0, 0.05) is 49.2 Å². The zero-order valence-electron chi connectivity index (χ0n) is 15.0. The molecule has 0 aliphatic carbocycles. The molecule has 1 aromatic carbocycles. The van der Waals surface area contributed by atoms with E-state index in [9.17, 15) is 0 Å². The Morgan fingerprint density at radius 1 is 1.27 bits per heavy atom. The number of aromatic nitrogens is 3. The molecule has 1 aliphatic rings. The van der Waals surface area contributed by atoms with E-state index in [0.29, 0.717) is 6.54 Å². The van der Waals surface area contributed by atoms with Crippen LogP contribution in [0.15, 0.2) is 48.9 Å². The number of nitrogens with zero attached hydrogens (tertiary/aromatic N) is 3. The van der Waals surface area contributed by atoms with Gasteiger partial charge in [0.05, 0.1) is 7.11 Å². The summed E-state index contributed by atoms with van der Waals surface area (Å²) in [4.78, 5) is 4.36. The molecule has 1 aliphatic heterocycles. The maximum atomic E-state index is 5.87. The quantitative estimate of drug-likeness (QED) is 0.741. The summed E-state index contributed by atoms with van der Waals surface area (Å²) in [5, 5.41) is 7.70. The van der Waals surface area contributed by atoms with Crippen LogP contribution in [0.2, 0.25) is 0 Å². The largest absolute Gasteiger partial charge is 0.496 e. The molecule has 0 bridgehead atoms. The Bertz CT molecular complexity index is 893. The second-order valence-electron chi connectivity index (χ2n) is 6.48. The SMILES string of the molecule is COc1cc2c(cc1CNCc1ccnc(-n3cccn3)c1)O[C@@H](C)C2. The lowest BCUT2D eigenvalue weighted by Gasteiger charge is -2.12. The van der Waals surface area contributed by atoms with Crippen LogP contribution in [0.25, 0.3) is 5.82 Å². The van der Waals surface area contributed by atoms with Crippen molar-refractivity contribution in [2.24, 2.45) is 0 Å². The highest BCUT2D eigenvalue weighted by Gasteiger charge is 2.21. The van der Waals surface area contributed by atoms with Crippen LogP contribution in [0.3, 0.4) is 0 Å². The van der Waals surface area contributed by atoms with E-state index in [4.69, 9.17) is 9.47 Å². The summed E-state index contributed by atoms with van der Waals surface area (Å²) >= 11 is 0. The second kappa shape index (κ2) is 7.17. The molecule has 6 heteroatoms. The minimum absolute atomic E-state index is 0.232. The van der Waals surface area contributed by atoms with Crippen LogP contribution in [0.4, 0.5) is 0 Å². The molecular formula is C20H22N4O2. The molecule has 3 aromatic rings. The zero-order chi connectivity index (χ0) is 17.9. The first kappa shape index (κ1) is 16.6. The molecular weight excluding hydrogens is 328 g/mol. The molecule has 1 N–H and O–H groups in total. The third-order valence-corrected chi connectivity index (χ3v) is 4.49. The smallest absolute Gasteiger partial charge is 0.153 e. The fraction of sp³-hybridized carbons (Fsp3) is 0.300. The summed E-state index contributed by atoms with van der Waals surface area (Å²) in [6.45, 7) is 3.52. The molecule has 0 saturated heterocycles. The van der Waals surface area contributed by atoms with E-state index in [2.05, 4.69) is 34.5 Å². The Kier molecular flexibility index (Phi) is 4.58. The first-order valence-corrected chi connectivity index (χ1v) is 8.75. The average molecular weight is 350 g/mol. The molecule has 134 valence electrons. The monoisotopic (exact) mass is 350 g/mol. The van der Waals surface area contributed by atoms with Crippen molar-refractivity contribution in [2.75, 3.05) is 7.11 Å². The summed E-state index contributed by atoms with van der Waals surface area (Å²) in [6, 6.07) is 10.1. The highest BCUT2D eigenvalue weighted by Crippen LogP contribution is 2.34. The maximum absolute atomic E-state index is 5.87. The summed E-state index contributed by atoms with van der Waals surface area (Å²) in [7, 11) is 1.71. The Morgan fingerprint density at radius 2 is 2.19 bits per heavy atom. The van der Waals surface area contributed by atoms with Gasteiger partial charge in [-0.2, -0.15) is 5.10 Å². The van der Waals surface area contributed by atoms with Crippen LogP contribution in [0.5, 0.6) is 11.5 Å². The van der Waals surface area contributed by atoms with Gasteiger partial charge in [-0.3, -0.25) is 0 Å². The van der Waals surface area contributed by atoms with E-state index in [1.165, 1.54) is 5.56 Å². The number of ether oxygens (including phenoxy) is 2. The van der Waals surface area contributed by atoms with Gasteiger partial charge in [0.15, 0.2) is 5.82 Å². The van der Waals surface area contributed by atoms with E-state index in [-0.39, 0.29) is 6.10 Å². The van der Waals surface area contributed by atoms with Crippen molar-refractivity contribution in [1.29, 1.82) is 0 Å². The summed E-state index contributed by atoms with van der Waals surface area (Å²) in [5.41, 5.74) is 3.47. The Balaban J connectivity index is 1.44. The van der Waals surface area contributed by atoms with Crippen molar-refractivity contribution in [2.45, 2.75) is 32.5 Å². The predicted molar refractivity (Wildman–Crippen MR) is 98.7 cm³/mol. The zero-order valence-corrected chi connectivity index (χ0v) is 15.0. The highest BCUT2D eigenvalue weighted by atomic mass is 16.5. The molecule has 0 saturated carbocycles. The first-order chi connectivity index (χ1) is 12.7. The first-order valence-electron chi connectivity index (χ1n) is 8.75. The molecule has 6 nitrogen and oxygen atoms in total. The Labute approximate surface area is 152 Å².